The monoisotopic (exact) mass is 492 g/mol. The highest BCUT2D eigenvalue weighted by atomic mass is 19.4. The maximum atomic E-state index is 12.8. The quantitative estimate of drug-likeness (QED) is 0.287. The van der Waals surface area contributed by atoms with Crippen LogP contribution in [0.1, 0.15) is 47.6 Å². The van der Waals surface area contributed by atoms with Crippen LogP contribution in [0.3, 0.4) is 0 Å². The maximum absolute atomic E-state index is 12.8. The Labute approximate surface area is 207 Å². The number of alkyl halides is 3. The number of hydrogen-bond acceptors (Lipinski definition) is 4. The fourth-order valence-corrected chi connectivity index (χ4v) is 4.41. The molecule has 4 aromatic rings. The van der Waals surface area contributed by atoms with Crippen molar-refractivity contribution in [3.8, 4) is 17.0 Å². The van der Waals surface area contributed by atoms with Crippen molar-refractivity contribution in [1.29, 1.82) is 0 Å². The van der Waals surface area contributed by atoms with E-state index in [0.29, 0.717) is 34.3 Å². The number of nitrogens with one attached hydrogen (secondary N) is 1. The van der Waals surface area contributed by atoms with Crippen LogP contribution in [0, 0.1) is 6.92 Å². The zero-order valence-corrected chi connectivity index (χ0v) is 20.2. The average molecular weight is 493 g/mol. The molecule has 8 heteroatoms. The summed E-state index contributed by atoms with van der Waals surface area (Å²) in [6, 6.07) is 15.5. The van der Waals surface area contributed by atoms with Crippen LogP contribution >= 0.6 is 0 Å². The lowest BCUT2D eigenvalue weighted by Gasteiger charge is -2.14. The number of nitrogens with zero attached hydrogens (tertiary/aromatic N) is 3. The molecule has 0 atom stereocenters. The molecule has 5 nitrogen and oxygen atoms in total. The minimum Gasteiger partial charge on any atom is -0.497 e. The Hall–Kier alpha value is -3.81. The van der Waals surface area contributed by atoms with Gasteiger partial charge >= 0.3 is 6.18 Å². The van der Waals surface area contributed by atoms with Crippen molar-refractivity contribution >= 4 is 16.9 Å². The number of aryl methyl sites for hydroxylation is 1. The fourth-order valence-electron chi connectivity index (χ4n) is 4.41. The van der Waals surface area contributed by atoms with Crippen molar-refractivity contribution in [3.05, 3.63) is 83.7 Å². The van der Waals surface area contributed by atoms with Crippen LogP contribution in [0.5, 0.6) is 5.75 Å². The Morgan fingerprint density at radius 1 is 1.14 bits per heavy atom. The van der Waals surface area contributed by atoms with Crippen molar-refractivity contribution in [1.82, 2.24) is 14.6 Å². The number of methoxy groups -OCH3 is 1. The van der Waals surface area contributed by atoms with Gasteiger partial charge in [-0.25, -0.2) is 9.50 Å². The van der Waals surface area contributed by atoms with Crippen molar-refractivity contribution in [3.63, 3.8) is 0 Å². The van der Waals surface area contributed by atoms with Crippen LogP contribution in [0.25, 0.3) is 22.5 Å². The highest BCUT2D eigenvalue weighted by Crippen LogP contribution is 2.42. The summed E-state index contributed by atoms with van der Waals surface area (Å²) < 4.78 is 45.4. The number of halogens is 3. The first-order chi connectivity index (χ1) is 17.2. The van der Waals surface area contributed by atoms with E-state index in [4.69, 9.17) is 9.84 Å². The molecular weight excluding hydrogens is 465 g/mol. The van der Waals surface area contributed by atoms with Crippen molar-refractivity contribution in [2.75, 3.05) is 19.0 Å². The molecule has 36 heavy (non-hydrogen) atoms. The second-order valence-electron chi connectivity index (χ2n) is 9.17. The van der Waals surface area contributed by atoms with E-state index in [0.717, 1.165) is 16.8 Å². The molecule has 2 heterocycles. The zero-order chi connectivity index (χ0) is 25.4. The largest absolute Gasteiger partial charge is 0.497 e. The lowest BCUT2D eigenvalue weighted by atomic mass is 10.0. The van der Waals surface area contributed by atoms with E-state index in [1.54, 1.807) is 23.9 Å². The number of fused-ring (bicyclic) bond motifs is 1. The second-order valence-corrected chi connectivity index (χ2v) is 9.17. The topological polar surface area (TPSA) is 51.5 Å². The molecule has 0 aliphatic heterocycles. The first kappa shape index (κ1) is 23.9. The predicted molar refractivity (Wildman–Crippen MR) is 135 cm³/mol. The Bertz CT molecular complexity index is 1420. The molecule has 1 saturated carbocycles. The molecule has 5 rings (SSSR count). The highest BCUT2D eigenvalue weighted by molar-refractivity contribution is 5.81. The van der Waals surface area contributed by atoms with Gasteiger partial charge in [0.15, 0.2) is 5.65 Å². The van der Waals surface area contributed by atoms with Gasteiger partial charge in [-0.15, -0.1) is 0 Å². The van der Waals surface area contributed by atoms with Gasteiger partial charge in [0, 0.05) is 17.7 Å². The smallest absolute Gasteiger partial charge is 0.390 e. The number of benzene rings is 2. The summed E-state index contributed by atoms with van der Waals surface area (Å²) in [5.41, 5.74) is 7.22. The number of hydrogen-bond donors (Lipinski definition) is 1. The van der Waals surface area contributed by atoms with Gasteiger partial charge in [-0.2, -0.15) is 18.3 Å². The van der Waals surface area contributed by atoms with Gasteiger partial charge in [0.25, 0.3) is 0 Å². The molecule has 186 valence electrons. The lowest BCUT2D eigenvalue weighted by Crippen LogP contribution is -2.15. The normalized spacial score (nSPS) is 13.7. The van der Waals surface area contributed by atoms with E-state index in [2.05, 4.69) is 42.0 Å². The first-order valence-electron chi connectivity index (χ1n) is 11.9. The van der Waals surface area contributed by atoms with Gasteiger partial charge in [-0.05, 0) is 66.6 Å². The minimum absolute atomic E-state index is 0.269. The average Bonchev–Trinajstić information content (AvgIpc) is 3.60. The summed E-state index contributed by atoms with van der Waals surface area (Å²) in [7, 11) is 1.59. The van der Waals surface area contributed by atoms with Crippen LogP contribution in [0.2, 0.25) is 0 Å². The lowest BCUT2D eigenvalue weighted by molar-refractivity contribution is -0.131. The van der Waals surface area contributed by atoms with Crippen LogP contribution in [0.15, 0.2) is 61.3 Å². The Kier molecular flexibility index (Phi) is 6.20. The number of ether oxygens (including phenoxy) is 1. The van der Waals surface area contributed by atoms with Crippen LogP contribution in [0.4, 0.5) is 18.9 Å². The molecule has 0 unspecified atom stereocenters. The molecule has 2 aromatic carbocycles. The van der Waals surface area contributed by atoms with Gasteiger partial charge in [0.1, 0.15) is 5.75 Å². The molecule has 1 N–H and O–H groups in total. The number of aromatic nitrogens is 3. The Morgan fingerprint density at radius 2 is 1.89 bits per heavy atom. The number of anilines is 1. The van der Waals surface area contributed by atoms with Gasteiger partial charge in [0.2, 0.25) is 0 Å². The van der Waals surface area contributed by atoms with E-state index in [1.165, 1.54) is 24.0 Å². The minimum atomic E-state index is -4.26. The third-order valence-corrected chi connectivity index (χ3v) is 6.52. The molecule has 0 saturated heterocycles. The summed E-state index contributed by atoms with van der Waals surface area (Å²) >= 11 is 0. The third kappa shape index (κ3) is 4.94. The molecule has 0 amide bonds. The molecule has 0 radical (unpaired) electrons. The molecule has 1 aliphatic carbocycles. The summed E-state index contributed by atoms with van der Waals surface area (Å²) in [6.07, 6.45) is -1.05. The molecule has 2 aromatic heterocycles. The van der Waals surface area contributed by atoms with Crippen LogP contribution < -0.4 is 10.1 Å². The van der Waals surface area contributed by atoms with E-state index < -0.39 is 12.6 Å². The standard InChI is InChI=1S/C28H27F3N4O/c1-17-14-21(8-11-23(17)20-4-5-20)26-16-33-27-25(32-13-12-28(29,30)31)15-24(34-35(26)27)18(2)19-6-9-22(36-3)10-7-19/h6-11,14-16,20,32H,2,4-5,12-13H2,1,3H3. The Morgan fingerprint density at radius 3 is 2.53 bits per heavy atom. The summed E-state index contributed by atoms with van der Waals surface area (Å²) in [6.45, 7) is 6.05. The summed E-state index contributed by atoms with van der Waals surface area (Å²) in [5, 5.41) is 7.72. The number of imidazole rings is 1. The molecule has 0 bridgehead atoms. The second kappa shape index (κ2) is 9.33. The van der Waals surface area contributed by atoms with E-state index in [9.17, 15) is 13.2 Å². The van der Waals surface area contributed by atoms with Gasteiger partial charge in [0.05, 0.1) is 36.8 Å². The highest BCUT2D eigenvalue weighted by Gasteiger charge is 2.27. The summed E-state index contributed by atoms with van der Waals surface area (Å²) in [4.78, 5) is 4.52. The third-order valence-electron chi connectivity index (χ3n) is 6.52. The molecule has 0 spiro atoms. The number of rotatable bonds is 8. The molecule has 1 aliphatic rings. The van der Waals surface area contributed by atoms with E-state index >= 15 is 0 Å². The predicted octanol–water partition coefficient (Wildman–Crippen LogP) is 7.02. The van der Waals surface area contributed by atoms with Crippen LogP contribution in [-0.4, -0.2) is 34.4 Å². The van der Waals surface area contributed by atoms with Crippen molar-refractivity contribution in [2.24, 2.45) is 0 Å². The van der Waals surface area contributed by atoms with Crippen molar-refractivity contribution in [2.45, 2.75) is 38.3 Å². The molecular formula is C28H27F3N4O. The molecule has 1 fully saturated rings. The zero-order valence-electron chi connectivity index (χ0n) is 20.2. The van der Waals surface area contributed by atoms with E-state index in [-0.39, 0.29) is 6.54 Å². The van der Waals surface area contributed by atoms with Gasteiger partial charge in [-0.3, -0.25) is 0 Å². The summed E-state index contributed by atoms with van der Waals surface area (Å²) in [5.74, 6) is 1.36. The van der Waals surface area contributed by atoms with Gasteiger partial charge < -0.3 is 10.1 Å². The van der Waals surface area contributed by atoms with Crippen molar-refractivity contribution < 1.29 is 17.9 Å². The Balaban J connectivity index is 1.57. The van der Waals surface area contributed by atoms with Gasteiger partial charge in [-0.1, -0.05) is 30.8 Å². The maximum Gasteiger partial charge on any atom is 0.390 e. The fraction of sp³-hybridized carbons (Fsp3) is 0.286. The van der Waals surface area contributed by atoms with Crippen LogP contribution in [-0.2, 0) is 0 Å². The van der Waals surface area contributed by atoms with E-state index in [1.807, 2.05) is 24.3 Å². The SMILES string of the molecule is C=C(c1ccc(OC)cc1)c1cc(NCCC(F)(F)F)c2ncc(-c3ccc(C4CC4)c(C)c3)n2n1. The first-order valence-corrected chi connectivity index (χ1v) is 11.9.